The highest BCUT2D eigenvalue weighted by Crippen LogP contribution is 2.56. The highest BCUT2D eigenvalue weighted by atomic mass is 16.3. The van der Waals surface area contributed by atoms with E-state index < -0.39 is 5.60 Å². The average molecular weight is 240 g/mol. The summed E-state index contributed by atoms with van der Waals surface area (Å²) in [6.07, 6.45) is 5.04. The maximum absolute atomic E-state index is 10.7. The van der Waals surface area contributed by atoms with Gasteiger partial charge in [0.2, 0.25) is 0 Å². The number of hydrogen-bond acceptors (Lipinski definition) is 2. The molecule has 0 saturated heterocycles. The van der Waals surface area contributed by atoms with Crippen LogP contribution in [0.25, 0.3) is 0 Å². The monoisotopic (exact) mass is 240 g/mol. The molecule has 2 heteroatoms. The van der Waals surface area contributed by atoms with Crippen molar-refractivity contribution in [3.8, 4) is 0 Å². The summed E-state index contributed by atoms with van der Waals surface area (Å²) in [7, 11) is 0. The van der Waals surface area contributed by atoms with Crippen molar-refractivity contribution in [2.45, 2.75) is 71.5 Å². The Balaban J connectivity index is 2.29. The second-order valence-electron chi connectivity index (χ2n) is 7.28. The van der Waals surface area contributed by atoms with E-state index in [0.717, 1.165) is 32.1 Å². The van der Waals surface area contributed by atoms with Crippen molar-refractivity contribution < 1.29 is 10.2 Å². The first-order valence-corrected chi connectivity index (χ1v) is 7.18. The Morgan fingerprint density at radius 1 is 1.12 bits per heavy atom. The molecule has 17 heavy (non-hydrogen) atoms. The van der Waals surface area contributed by atoms with Crippen LogP contribution in [0.4, 0.5) is 0 Å². The summed E-state index contributed by atoms with van der Waals surface area (Å²) in [5, 5.41) is 21.3. The zero-order chi connectivity index (χ0) is 12.8. The van der Waals surface area contributed by atoms with Gasteiger partial charge in [0, 0.05) is 5.92 Å². The van der Waals surface area contributed by atoms with E-state index in [0.29, 0.717) is 11.8 Å². The summed E-state index contributed by atoms with van der Waals surface area (Å²) < 4.78 is 0. The molecule has 2 rings (SSSR count). The molecular weight excluding hydrogens is 212 g/mol. The molecule has 0 spiro atoms. The summed E-state index contributed by atoms with van der Waals surface area (Å²) in [4.78, 5) is 0. The molecule has 2 nitrogen and oxygen atoms in total. The SMILES string of the molecule is CC(C)[C@@H]1CC[C@@]2(C)CCC[C@@](C)(O)[C@@H]2[C@H]1O. The van der Waals surface area contributed by atoms with Crippen molar-refractivity contribution in [2.24, 2.45) is 23.2 Å². The molecule has 5 atom stereocenters. The molecule has 2 fully saturated rings. The van der Waals surface area contributed by atoms with Crippen molar-refractivity contribution in [1.29, 1.82) is 0 Å². The summed E-state index contributed by atoms with van der Waals surface area (Å²) >= 11 is 0. The number of fused-ring (bicyclic) bond motifs is 1. The lowest BCUT2D eigenvalue weighted by Gasteiger charge is -2.57. The van der Waals surface area contributed by atoms with E-state index in [9.17, 15) is 10.2 Å². The van der Waals surface area contributed by atoms with E-state index >= 15 is 0 Å². The van der Waals surface area contributed by atoms with Crippen LogP contribution in [0.1, 0.15) is 59.8 Å². The first-order valence-electron chi connectivity index (χ1n) is 7.18. The van der Waals surface area contributed by atoms with Crippen LogP contribution >= 0.6 is 0 Å². The molecule has 0 aromatic heterocycles. The van der Waals surface area contributed by atoms with Crippen LogP contribution in [0.3, 0.4) is 0 Å². The minimum Gasteiger partial charge on any atom is -0.392 e. The Morgan fingerprint density at radius 3 is 2.35 bits per heavy atom. The predicted molar refractivity (Wildman–Crippen MR) is 69.6 cm³/mol. The zero-order valence-corrected chi connectivity index (χ0v) is 11.7. The number of aliphatic hydroxyl groups excluding tert-OH is 1. The van der Waals surface area contributed by atoms with E-state index in [4.69, 9.17) is 0 Å². The van der Waals surface area contributed by atoms with Gasteiger partial charge in [-0.05, 0) is 49.9 Å². The van der Waals surface area contributed by atoms with Gasteiger partial charge in [-0.3, -0.25) is 0 Å². The van der Waals surface area contributed by atoms with Crippen molar-refractivity contribution in [1.82, 2.24) is 0 Å². The van der Waals surface area contributed by atoms with Crippen LogP contribution in [0.5, 0.6) is 0 Å². The van der Waals surface area contributed by atoms with Gasteiger partial charge in [0.25, 0.3) is 0 Å². The van der Waals surface area contributed by atoms with Crippen LogP contribution in [-0.4, -0.2) is 21.9 Å². The first kappa shape index (κ1) is 13.4. The predicted octanol–water partition coefficient (Wildman–Crippen LogP) is 2.97. The molecule has 0 aromatic rings. The summed E-state index contributed by atoms with van der Waals surface area (Å²) in [6, 6.07) is 0. The molecule has 2 N–H and O–H groups in total. The minimum atomic E-state index is -0.681. The Bertz CT molecular complexity index is 285. The first-order chi connectivity index (χ1) is 7.78. The largest absolute Gasteiger partial charge is 0.392 e. The Labute approximate surface area is 105 Å². The molecule has 0 aliphatic heterocycles. The normalized spacial score (nSPS) is 51.4. The number of rotatable bonds is 1. The van der Waals surface area contributed by atoms with Gasteiger partial charge in [0.1, 0.15) is 0 Å². The summed E-state index contributed by atoms with van der Waals surface area (Å²) in [6.45, 7) is 8.58. The highest BCUT2D eigenvalue weighted by molar-refractivity contribution is 5.05. The van der Waals surface area contributed by atoms with Gasteiger partial charge in [0.15, 0.2) is 0 Å². The smallest absolute Gasteiger partial charge is 0.0677 e. The van der Waals surface area contributed by atoms with Gasteiger partial charge < -0.3 is 10.2 Å². The molecule has 0 unspecified atom stereocenters. The number of aliphatic hydroxyl groups is 2. The Hall–Kier alpha value is -0.0800. The number of hydrogen-bond donors (Lipinski definition) is 2. The van der Waals surface area contributed by atoms with Crippen molar-refractivity contribution in [3.63, 3.8) is 0 Å². The molecule has 0 bridgehead atoms. The van der Waals surface area contributed by atoms with Gasteiger partial charge in [0.05, 0.1) is 11.7 Å². The van der Waals surface area contributed by atoms with Crippen molar-refractivity contribution in [2.75, 3.05) is 0 Å². The topological polar surface area (TPSA) is 40.5 Å². The standard InChI is InChI=1S/C15H28O2/c1-10(2)11-6-9-14(3)7-5-8-15(4,17)13(14)12(11)16/h10-13,16-17H,5-9H2,1-4H3/t11-,12-,13+,14+,15+/m0/s1. The minimum absolute atomic E-state index is 0.0601. The average Bonchev–Trinajstić information content (AvgIpc) is 2.14. The summed E-state index contributed by atoms with van der Waals surface area (Å²) in [5.41, 5.74) is -0.535. The highest BCUT2D eigenvalue weighted by Gasteiger charge is 2.55. The van der Waals surface area contributed by atoms with Crippen molar-refractivity contribution >= 4 is 0 Å². The third-order valence-corrected chi connectivity index (χ3v) is 5.54. The van der Waals surface area contributed by atoms with Gasteiger partial charge >= 0.3 is 0 Å². The quantitative estimate of drug-likeness (QED) is 0.740. The molecule has 0 radical (unpaired) electrons. The van der Waals surface area contributed by atoms with Crippen molar-refractivity contribution in [3.05, 3.63) is 0 Å². The van der Waals surface area contributed by atoms with E-state index in [-0.39, 0.29) is 17.4 Å². The lowest BCUT2D eigenvalue weighted by atomic mass is 9.51. The molecule has 100 valence electrons. The molecule has 2 aliphatic rings. The molecule has 2 aliphatic carbocycles. The third-order valence-electron chi connectivity index (χ3n) is 5.54. The van der Waals surface area contributed by atoms with Gasteiger partial charge in [-0.15, -0.1) is 0 Å². The lowest BCUT2D eigenvalue weighted by Crippen LogP contribution is -2.58. The maximum Gasteiger partial charge on any atom is 0.0677 e. The second kappa shape index (κ2) is 4.24. The molecular formula is C15H28O2. The molecule has 0 heterocycles. The molecule has 0 amide bonds. The van der Waals surface area contributed by atoms with Crippen LogP contribution in [0, 0.1) is 23.2 Å². The third kappa shape index (κ3) is 2.15. The van der Waals surface area contributed by atoms with Crippen LogP contribution in [-0.2, 0) is 0 Å². The molecule has 2 saturated carbocycles. The van der Waals surface area contributed by atoms with Gasteiger partial charge in [-0.1, -0.05) is 27.2 Å². The van der Waals surface area contributed by atoms with Crippen LogP contribution in [0.2, 0.25) is 0 Å². The zero-order valence-electron chi connectivity index (χ0n) is 11.7. The Morgan fingerprint density at radius 2 is 1.76 bits per heavy atom. The fourth-order valence-electron chi connectivity index (χ4n) is 4.61. The van der Waals surface area contributed by atoms with Crippen LogP contribution in [0.15, 0.2) is 0 Å². The fourth-order valence-corrected chi connectivity index (χ4v) is 4.61. The van der Waals surface area contributed by atoms with Gasteiger partial charge in [-0.25, -0.2) is 0 Å². The summed E-state index contributed by atoms with van der Waals surface area (Å²) in [5.74, 6) is 0.926. The second-order valence-corrected chi connectivity index (χ2v) is 7.28. The Kier molecular flexibility index (Phi) is 3.33. The van der Waals surface area contributed by atoms with E-state index in [1.54, 1.807) is 0 Å². The van der Waals surface area contributed by atoms with E-state index in [2.05, 4.69) is 20.8 Å². The molecule has 0 aromatic carbocycles. The van der Waals surface area contributed by atoms with E-state index in [1.165, 1.54) is 0 Å². The van der Waals surface area contributed by atoms with E-state index in [1.807, 2.05) is 6.92 Å². The lowest BCUT2D eigenvalue weighted by molar-refractivity contribution is -0.184. The van der Waals surface area contributed by atoms with Gasteiger partial charge in [-0.2, -0.15) is 0 Å². The fraction of sp³-hybridized carbons (Fsp3) is 1.00. The van der Waals surface area contributed by atoms with Crippen LogP contribution < -0.4 is 0 Å². The maximum atomic E-state index is 10.7.